The summed E-state index contributed by atoms with van der Waals surface area (Å²) in [6, 6.07) is 10.7. The van der Waals surface area contributed by atoms with Gasteiger partial charge in [0.25, 0.3) is 0 Å². The number of halogens is 1. The Morgan fingerprint density at radius 2 is 1.92 bits per heavy atom. The standard InChI is InChI=1S/C17H17ClN2O4/c1-23-12-6-4-3-5-10(12)9-14-19-15-11(17(21)22)7-8-13(24-2)16(15)20(14)18/h3-8,14,19H,9H2,1-2H3,(H,21,22). The van der Waals surface area contributed by atoms with Gasteiger partial charge in [-0.15, -0.1) is 0 Å². The minimum absolute atomic E-state index is 0.152. The molecule has 2 aromatic carbocycles. The van der Waals surface area contributed by atoms with Gasteiger partial charge in [0.2, 0.25) is 0 Å². The maximum absolute atomic E-state index is 11.5. The van der Waals surface area contributed by atoms with E-state index in [1.54, 1.807) is 13.2 Å². The Labute approximate surface area is 144 Å². The molecule has 126 valence electrons. The van der Waals surface area contributed by atoms with Gasteiger partial charge in [0.05, 0.1) is 25.5 Å². The second-order valence-corrected chi connectivity index (χ2v) is 5.70. The molecule has 0 amide bonds. The number of hydrogen-bond donors (Lipinski definition) is 2. The Hall–Kier alpha value is -2.60. The smallest absolute Gasteiger partial charge is 0.337 e. The van der Waals surface area contributed by atoms with Crippen LogP contribution >= 0.6 is 11.8 Å². The van der Waals surface area contributed by atoms with Crippen LogP contribution in [0.25, 0.3) is 0 Å². The Balaban J connectivity index is 1.97. The molecule has 2 aromatic rings. The summed E-state index contributed by atoms with van der Waals surface area (Å²) >= 11 is 6.47. The highest BCUT2D eigenvalue weighted by Gasteiger charge is 2.34. The predicted octanol–water partition coefficient (Wildman–Crippen LogP) is 3.36. The molecule has 0 spiro atoms. The van der Waals surface area contributed by atoms with Gasteiger partial charge in [0, 0.05) is 18.2 Å². The van der Waals surface area contributed by atoms with Crippen molar-refractivity contribution in [2.75, 3.05) is 24.0 Å². The number of methoxy groups -OCH3 is 2. The number of para-hydroxylation sites is 1. The molecule has 1 unspecified atom stereocenters. The van der Waals surface area contributed by atoms with Gasteiger partial charge in [-0.3, -0.25) is 4.42 Å². The van der Waals surface area contributed by atoms with E-state index in [1.807, 2.05) is 24.3 Å². The van der Waals surface area contributed by atoms with Crippen LogP contribution in [0, 0.1) is 0 Å². The highest BCUT2D eigenvalue weighted by Crippen LogP contribution is 2.46. The first kappa shape index (κ1) is 16.3. The van der Waals surface area contributed by atoms with E-state index in [-0.39, 0.29) is 11.7 Å². The fourth-order valence-corrected chi connectivity index (χ4v) is 3.15. The number of carboxylic acids is 1. The minimum Gasteiger partial charge on any atom is -0.496 e. The SMILES string of the molecule is COc1ccccc1CC1Nc2c(C(=O)O)ccc(OC)c2N1Cl. The zero-order chi connectivity index (χ0) is 17.3. The molecule has 0 radical (unpaired) electrons. The van der Waals surface area contributed by atoms with Crippen molar-refractivity contribution in [2.24, 2.45) is 0 Å². The lowest BCUT2D eigenvalue weighted by molar-refractivity contribution is 0.0698. The summed E-state index contributed by atoms with van der Waals surface area (Å²) in [4.78, 5) is 11.5. The van der Waals surface area contributed by atoms with E-state index in [9.17, 15) is 9.90 Å². The average molecular weight is 349 g/mol. The van der Waals surface area contributed by atoms with Crippen molar-refractivity contribution in [3.63, 3.8) is 0 Å². The zero-order valence-electron chi connectivity index (χ0n) is 13.2. The molecular weight excluding hydrogens is 332 g/mol. The molecule has 1 aliphatic rings. The van der Waals surface area contributed by atoms with Gasteiger partial charge in [0.1, 0.15) is 23.4 Å². The first-order chi connectivity index (χ1) is 11.6. The van der Waals surface area contributed by atoms with Crippen molar-refractivity contribution in [2.45, 2.75) is 12.6 Å². The Morgan fingerprint density at radius 3 is 2.58 bits per heavy atom. The Bertz CT molecular complexity index is 781. The first-order valence-electron chi connectivity index (χ1n) is 7.34. The average Bonchev–Trinajstić information content (AvgIpc) is 2.91. The fourth-order valence-electron chi connectivity index (χ4n) is 2.86. The van der Waals surface area contributed by atoms with E-state index in [0.29, 0.717) is 23.5 Å². The minimum atomic E-state index is -1.02. The number of carbonyl (C=O) groups is 1. The topological polar surface area (TPSA) is 71.0 Å². The molecule has 7 heteroatoms. The van der Waals surface area contributed by atoms with Gasteiger partial charge in [-0.05, 0) is 23.8 Å². The van der Waals surface area contributed by atoms with Crippen LogP contribution < -0.4 is 19.2 Å². The van der Waals surface area contributed by atoms with Crippen LogP contribution in [-0.2, 0) is 6.42 Å². The maximum atomic E-state index is 11.5. The highest BCUT2D eigenvalue weighted by atomic mass is 35.5. The summed E-state index contributed by atoms with van der Waals surface area (Å²) in [5.41, 5.74) is 2.10. The van der Waals surface area contributed by atoms with Crippen molar-refractivity contribution >= 4 is 29.1 Å². The van der Waals surface area contributed by atoms with E-state index in [1.165, 1.54) is 17.6 Å². The third-order valence-corrected chi connectivity index (χ3v) is 4.40. The van der Waals surface area contributed by atoms with E-state index in [2.05, 4.69) is 5.32 Å². The summed E-state index contributed by atoms with van der Waals surface area (Å²) in [6.45, 7) is 0. The number of rotatable bonds is 5. The number of hydrogen-bond acceptors (Lipinski definition) is 5. The fraction of sp³-hybridized carbons (Fsp3) is 0.235. The summed E-state index contributed by atoms with van der Waals surface area (Å²) in [5.74, 6) is 0.246. The van der Waals surface area contributed by atoms with Crippen molar-refractivity contribution in [1.29, 1.82) is 0 Å². The van der Waals surface area contributed by atoms with Gasteiger partial charge >= 0.3 is 5.97 Å². The Morgan fingerprint density at radius 1 is 1.21 bits per heavy atom. The van der Waals surface area contributed by atoms with E-state index in [4.69, 9.17) is 21.3 Å². The van der Waals surface area contributed by atoms with Crippen LogP contribution in [0.15, 0.2) is 36.4 Å². The van der Waals surface area contributed by atoms with Gasteiger partial charge in [-0.1, -0.05) is 18.2 Å². The second kappa shape index (κ2) is 6.49. The van der Waals surface area contributed by atoms with E-state index < -0.39 is 5.97 Å². The lowest BCUT2D eigenvalue weighted by Crippen LogP contribution is -2.30. The molecular formula is C17H17ClN2O4. The van der Waals surface area contributed by atoms with Crippen LogP contribution in [0.5, 0.6) is 11.5 Å². The zero-order valence-corrected chi connectivity index (χ0v) is 14.0. The van der Waals surface area contributed by atoms with Crippen LogP contribution in [0.3, 0.4) is 0 Å². The van der Waals surface area contributed by atoms with Crippen LogP contribution in [0.1, 0.15) is 15.9 Å². The highest BCUT2D eigenvalue weighted by molar-refractivity contribution is 6.29. The largest absolute Gasteiger partial charge is 0.496 e. The number of fused-ring (bicyclic) bond motifs is 1. The third kappa shape index (κ3) is 2.69. The van der Waals surface area contributed by atoms with Gasteiger partial charge in [0.15, 0.2) is 0 Å². The monoisotopic (exact) mass is 348 g/mol. The van der Waals surface area contributed by atoms with Crippen LogP contribution in [-0.4, -0.2) is 31.5 Å². The number of benzene rings is 2. The van der Waals surface area contributed by atoms with Crippen molar-refractivity contribution in [1.82, 2.24) is 0 Å². The molecule has 0 bridgehead atoms. The Kier molecular flexibility index (Phi) is 4.40. The molecule has 1 atom stereocenters. The quantitative estimate of drug-likeness (QED) is 0.807. The van der Waals surface area contributed by atoms with E-state index in [0.717, 1.165) is 11.3 Å². The first-order valence-corrected chi connectivity index (χ1v) is 7.68. The number of carboxylic acid groups (broad SMARTS) is 1. The molecule has 1 aliphatic heterocycles. The van der Waals surface area contributed by atoms with Crippen LogP contribution in [0.4, 0.5) is 11.4 Å². The number of aromatic carboxylic acids is 1. The molecule has 0 saturated heterocycles. The molecule has 6 nitrogen and oxygen atoms in total. The van der Waals surface area contributed by atoms with Crippen LogP contribution in [0.2, 0.25) is 0 Å². The van der Waals surface area contributed by atoms with Gasteiger partial charge in [-0.25, -0.2) is 4.79 Å². The lowest BCUT2D eigenvalue weighted by Gasteiger charge is -2.20. The number of nitrogens with zero attached hydrogens (tertiary/aromatic N) is 1. The van der Waals surface area contributed by atoms with Crippen molar-refractivity contribution in [3.8, 4) is 11.5 Å². The van der Waals surface area contributed by atoms with Crippen molar-refractivity contribution < 1.29 is 19.4 Å². The molecule has 0 saturated carbocycles. The molecule has 3 rings (SSSR count). The number of nitrogens with one attached hydrogen (secondary N) is 1. The molecule has 2 N–H and O–H groups in total. The molecule has 0 aliphatic carbocycles. The predicted molar refractivity (Wildman–Crippen MR) is 92.4 cm³/mol. The van der Waals surface area contributed by atoms with Gasteiger partial charge < -0.3 is 19.9 Å². The van der Waals surface area contributed by atoms with E-state index >= 15 is 0 Å². The molecule has 0 fully saturated rings. The summed E-state index contributed by atoms with van der Waals surface area (Å²) in [7, 11) is 3.13. The summed E-state index contributed by atoms with van der Waals surface area (Å²) < 4.78 is 12.2. The van der Waals surface area contributed by atoms with Crippen molar-refractivity contribution in [3.05, 3.63) is 47.5 Å². The molecule has 1 heterocycles. The summed E-state index contributed by atoms with van der Waals surface area (Å²) in [5, 5.41) is 12.6. The second-order valence-electron chi connectivity index (χ2n) is 5.33. The molecule has 0 aromatic heterocycles. The summed E-state index contributed by atoms with van der Waals surface area (Å²) in [6.07, 6.45) is 0.206. The third-order valence-electron chi connectivity index (χ3n) is 4.00. The molecule has 24 heavy (non-hydrogen) atoms. The normalized spacial score (nSPS) is 15.6. The lowest BCUT2D eigenvalue weighted by atomic mass is 10.1. The maximum Gasteiger partial charge on any atom is 0.337 e. The van der Waals surface area contributed by atoms with Gasteiger partial charge in [-0.2, -0.15) is 0 Å². The number of ether oxygens (including phenoxy) is 2. The number of anilines is 2.